The molecule has 6 nitrogen and oxygen atoms in total. The molecule has 0 unspecified atom stereocenters. The molecule has 2 N–H and O–H groups in total. The van der Waals surface area contributed by atoms with Crippen molar-refractivity contribution in [3.05, 3.63) is 0 Å². The van der Waals surface area contributed by atoms with E-state index in [1.54, 1.807) is 0 Å². The fourth-order valence-electron chi connectivity index (χ4n) is 1.30. The summed E-state index contributed by atoms with van der Waals surface area (Å²) in [5.41, 5.74) is 0. The number of aliphatic hydroxyl groups excluding tert-OH is 2. The second kappa shape index (κ2) is 10.5. The molecule has 113 valence electrons. The van der Waals surface area contributed by atoms with E-state index >= 15 is 0 Å². The first-order valence-electron chi connectivity index (χ1n) is 5.40. The van der Waals surface area contributed by atoms with Gasteiger partial charge in [-0.2, -0.15) is 17.2 Å². The van der Waals surface area contributed by atoms with Crippen molar-refractivity contribution in [2.45, 2.75) is 43.5 Å². The van der Waals surface area contributed by atoms with Gasteiger partial charge in [-0.1, -0.05) is 19.3 Å². The standard InChI is InChI=1S/C6H12O.C3H6F2O5S.Y/c7-6-4-2-1-3-5-6;1-9-10-11(7,8)3(4,5)2-6;/h6-7H,1-5H2;6H,2H2,1H3;. The summed E-state index contributed by atoms with van der Waals surface area (Å²) >= 11 is 0. The molecule has 19 heavy (non-hydrogen) atoms. The normalized spacial score (nSPS) is 17.1. The molecule has 1 rings (SSSR count). The molecule has 1 radical (unpaired) electrons. The second-order valence-corrected chi connectivity index (χ2v) is 5.42. The van der Waals surface area contributed by atoms with E-state index in [9.17, 15) is 17.2 Å². The first kappa shape index (κ1) is 22.0. The van der Waals surface area contributed by atoms with Gasteiger partial charge in [-0.05, 0) is 12.8 Å². The molecule has 0 spiro atoms. The van der Waals surface area contributed by atoms with E-state index in [1.807, 2.05) is 0 Å². The van der Waals surface area contributed by atoms with Crippen molar-refractivity contribution in [2.24, 2.45) is 0 Å². The van der Waals surface area contributed by atoms with Gasteiger partial charge in [0.1, 0.15) is 6.61 Å². The van der Waals surface area contributed by atoms with Crippen LogP contribution in [0.4, 0.5) is 8.78 Å². The quantitative estimate of drug-likeness (QED) is 0.553. The van der Waals surface area contributed by atoms with E-state index in [0.717, 1.165) is 20.0 Å². The molecule has 0 aromatic rings. The number of rotatable bonds is 4. The topological polar surface area (TPSA) is 93.1 Å². The minimum Gasteiger partial charge on any atom is -0.393 e. The number of hydrogen-bond acceptors (Lipinski definition) is 6. The van der Waals surface area contributed by atoms with Gasteiger partial charge in [-0.25, -0.2) is 4.89 Å². The van der Waals surface area contributed by atoms with Gasteiger partial charge in [0.25, 0.3) is 0 Å². The Labute approximate surface area is 136 Å². The molecular weight excluding hydrogens is 363 g/mol. The van der Waals surface area contributed by atoms with Crippen LogP contribution in [-0.2, 0) is 52.0 Å². The molecule has 0 saturated heterocycles. The van der Waals surface area contributed by atoms with Crippen molar-refractivity contribution < 1.29 is 69.3 Å². The summed E-state index contributed by atoms with van der Waals surface area (Å²) in [4.78, 5) is 3.52. The maximum Gasteiger partial charge on any atom is 0.394 e. The SMILES string of the molecule is COOS(=O)(=O)C(F)(F)CO.OC1CCCCC1.[Y]. The summed E-state index contributed by atoms with van der Waals surface area (Å²) in [7, 11) is -4.41. The molecule has 0 aromatic carbocycles. The van der Waals surface area contributed by atoms with Crippen molar-refractivity contribution in [3.8, 4) is 0 Å². The Balaban J connectivity index is 0. The van der Waals surface area contributed by atoms with Crippen LogP contribution in [0.2, 0.25) is 0 Å². The van der Waals surface area contributed by atoms with E-state index in [4.69, 9.17) is 10.2 Å². The van der Waals surface area contributed by atoms with Crippen LogP contribution in [0.5, 0.6) is 0 Å². The van der Waals surface area contributed by atoms with E-state index in [0.29, 0.717) is 0 Å². The molecule has 0 atom stereocenters. The molecule has 0 heterocycles. The van der Waals surface area contributed by atoms with Crippen molar-refractivity contribution in [1.82, 2.24) is 0 Å². The number of halogens is 2. The Kier molecular flexibility index (Phi) is 12.2. The van der Waals surface area contributed by atoms with E-state index in [-0.39, 0.29) is 38.8 Å². The van der Waals surface area contributed by atoms with Gasteiger partial charge in [0.05, 0.1) is 13.2 Å². The summed E-state index contributed by atoms with van der Waals surface area (Å²) in [6.07, 6.45) is 5.92. The Morgan fingerprint density at radius 1 is 1.26 bits per heavy atom. The smallest absolute Gasteiger partial charge is 0.393 e. The van der Waals surface area contributed by atoms with Gasteiger partial charge in [0.2, 0.25) is 0 Å². The minimum absolute atomic E-state index is 0. The molecule has 0 amide bonds. The zero-order chi connectivity index (χ0) is 14.2. The molecule has 0 aromatic heterocycles. The van der Waals surface area contributed by atoms with Crippen LogP contribution in [0.15, 0.2) is 0 Å². The van der Waals surface area contributed by atoms with Crippen molar-refractivity contribution in [1.29, 1.82) is 0 Å². The molecule has 10 heteroatoms. The number of alkyl halides is 2. The third-order valence-corrected chi connectivity index (χ3v) is 3.46. The fourth-order valence-corrected chi connectivity index (χ4v) is 1.74. The third kappa shape index (κ3) is 8.59. The van der Waals surface area contributed by atoms with Crippen LogP contribution in [0.1, 0.15) is 32.1 Å². The molecule has 1 aliphatic carbocycles. The zero-order valence-corrected chi connectivity index (χ0v) is 14.2. The zero-order valence-electron chi connectivity index (χ0n) is 10.6. The van der Waals surface area contributed by atoms with Crippen LogP contribution >= 0.6 is 0 Å². The molecular formula is C9H18F2O6SY. The Hall–Kier alpha value is 0.754. The van der Waals surface area contributed by atoms with E-state index < -0.39 is 22.0 Å². The van der Waals surface area contributed by atoms with Gasteiger partial charge in [0, 0.05) is 32.7 Å². The monoisotopic (exact) mass is 381 g/mol. The van der Waals surface area contributed by atoms with Gasteiger partial charge in [-0.15, -0.1) is 4.33 Å². The fraction of sp³-hybridized carbons (Fsp3) is 1.00. The van der Waals surface area contributed by atoms with Gasteiger partial charge >= 0.3 is 15.4 Å². The molecule has 1 aliphatic rings. The Morgan fingerprint density at radius 2 is 1.74 bits per heavy atom. The predicted molar refractivity (Wildman–Crippen MR) is 58.1 cm³/mol. The first-order chi connectivity index (χ1) is 8.27. The molecule has 1 saturated carbocycles. The van der Waals surface area contributed by atoms with Gasteiger partial charge in [-0.3, -0.25) is 0 Å². The maximum absolute atomic E-state index is 12.1. The average Bonchev–Trinajstić information content (AvgIpc) is 2.30. The van der Waals surface area contributed by atoms with E-state index in [2.05, 4.69) is 9.22 Å². The van der Waals surface area contributed by atoms with Crippen molar-refractivity contribution >= 4 is 10.1 Å². The van der Waals surface area contributed by atoms with Gasteiger partial charge in [0.15, 0.2) is 0 Å². The van der Waals surface area contributed by atoms with Crippen molar-refractivity contribution in [3.63, 3.8) is 0 Å². The maximum atomic E-state index is 12.1. The van der Waals surface area contributed by atoms with Crippen LogP contribution in [0, 0.1) is 0 Å². The average molecular weight is 381 g/mol. The summed E-state index contributed by atoms with van der Waals surface area (Å²) in [5.74, 6) is 0. The van der Waals surface area contributed by atoms with Gasteiger partial charge < -0.3 is 10.2 Å². The van der Waals surface area contributed by atoms with Crippen LogP contribution < -0.4 is 0 Å². The predicted octanol–water partition coefficient (Wildman–Crippen LogP) is 0.788. The number of hydrogen-bond donors (Lipinski definition) is 2. The number of aliphatic hydroxyl groups is 2. The van der Waals surface area contributed by atoms with Crippen LogP contribution in [0.3, 0.4) is 0 Å². The van der Waals surface area contributed by atoms with Crippen molar-refractivity contribution in [2.75, 3.05) is 13.7 Å². The van der Waals surface area contributed by atoms with Crippen LogP contribution in [-0.4, -0.2) is 43.7 Å². The third-order valence-electron chi connectivity index (χ3n) is 2.28. The van der Waals surface area contributed by atoms with E-state index in [1.165, 1.54) is 19.3 Å². The molecule has 1 fully saturated rings. The summed E-state index contributed by atoms with van der Waals surface area (Å²) in [6.45, 7) is -1.85. The summed E-state index contributed by atoms with van der Waals surface area (Å²) < 4.78 is 47.8. The summed E-state index contributed by atoms with van der Waals surface area (Å²) in [6, 6.07) is 0. The minimum atomic E-state index is -5.17. The largest absolute Gasteiger partial charge is 0.394 e. The first-order valence-corrected chi connectivity index (χ1v) is 6.81. The second-order valence-electron chi connectivity index (χ2n) is 3.78. The molecule has 0 bridgehead atoms. The Bertz CT molecular complexity index is 319. The summed E-state index contributed by atoms with van der Waals surface area (Å²) in [5, 5.41) is 12.5. The van der Waals surface area contributed by atoms with Crippen LogP contribution in [0.25, 0.3) is 0 Å². The Morgan fingerprint density at radius 3 is 2.00 bits per heavy atom. The molecule has 0 aliphatic heterocycles.